The fourth-order valence-electron chi connectivity index (χ4n) is 0.922. The van der Waals surface area contributed by atoms with Gasteiger partial charge in [0.25, 0.3) is 0 Å². The summed E-state index contributed by atoms with van der Waals surface area (Å²) in [5.41, 5.74) is -0.340. The number of aromatic carboxylic acids is 1. The SMILES string of the molecule is CC(=O)c1c[c]cc(C(=O)O)c1O. The molecule has 1 aromatic rings. The minimum atomic E-state index is -1.28. The molecule has 1 radical (unpaired) electrons. The van der Waals surface area contributed by atoms with Crippen molar-refractivity contribution in [1.29, 1.82) is 0 Å². The van der Waals surface area contributed by atoms with Crippen LogP contribution in [0, 0.1) is 6.07 Å². The van der Waals surface area contributed by atoms with Gasteiger partial charge in [0.2, 0.25) is 0 Å². The first-order valence-corrected chi connectivity index (χ1v) is 3.51. The van der Waals surface area contributed by atoms with E-state index in [0.29, 0.717) is 0 Å². The van der Waals surface area contributed by atoms with Crippen molar-refractivity contribution in [1.82, 2.24) is 0 Å². The summed E-state index contributed by atoms with van der Waals surface area (Å²) in [5.74, 6) is -2.17. The summed E-state index contributed by atoms with van der Waals surface area (Å²) in [6.07, 6.45) is 0. The summed E-state index contributed by atoms with van der Waals surface area (Å²) in [5, 5.41) is 17.9. The predicted molar refractivity (Wildman–Crippen MR) is 43.9 cm³/mol. The number of carboxylic acids is 1. The Labute approximate surface area is 74.4 Å². The lowest BCUT2D eigenvalue weighted by molar-refractivity contribution is 0.0693. The Balaban J connectivity index is 3.35. The van der Waals surface area contributed by atoms with Crippen LogP contribution in [0.3, 0.4) is 0 Å². The average Bonchev–Trinajstić information content (AvgIpc) is 2.03. The normalized spacial score (nSPS) is 9.62. The average molecular weight is 179 g/mol. The van der Waals surface area contributed by atoms with E-state index < -0.39 is 17.5 Å². The molecule has 13 heavy (non-hydrogen) atoms. The highest BCUT2D eigenvalue weighted by atomic mass is 16.4. The molecule has 67 valence electrons. The Morgan fingerprint density at radius 2 is 1.85 bits per heavy atom. The van der Waals surface area contributed by atoms with Gasteiger partial charge in [-0.1, -0.05) is 0 Å². The summed E-state index contributed by atoms with van der Waals surface area (Å²) in [6, 6.07) is 4.84. The molecule has 4 nitrogen and oxygen atoms in total. The number of carbonyl (C=O) groups excluding carboxylic acids is 1. The van der Waals surface area contributed by atoms with Crippen molar-refractivity contribution in [3.8, 4) is 5.75 Å². The second-order valence-corrected chi connectivity index (χ2v) is 2.49. The number of carbonyl (C=O) groups is 2. The maximum Gasteiger partial charge on any atom is 0.339 e. The number of carboxylic acid groups (broad SMARTS) is 1. The van der Waals surface area contributed by atoms with E-state index in [-0.39, 0.29) is 11.1 Å². The molecule has 0 amide bonds. The van der Waals surface area contributed by atoms with Crippen LogP contribution in [0.5, 0.6) is 5.75 Å². The molecule has 0 saturated carbocycles. The molecular weight excluding hydrogens is 172 g/mol. The van der Waals surface area contributed by atoms with Crippen molar-refractivity contribution in [2.45, 2.75) is 6.92 Å². The molecule has 0 aliphatic carbocycles. The van der Waals surface area contributed by atoms with Crippen molar-refractivity contribution < 1.29 is 19.8 Å². The van der Waals surface area contributed by atoms with Gasteiger partial charge in [0.1, 0.15) is 11.3 Å². The molecule has 4 heteroatoms. The largest absolute Gasteiger partial charge is 0.506 e. The van der Waals surface area contributed by atoms with Crippen LogP contribution in [0.2, 0.25) is 0 Å². The van der Waals surface area contributed by atoms with Crippen LogP contribution in [0.15, 0.2) is 12.1 Å². The summed E-state index contributed by atoms with van der Waals surface area (Å²) in [7, 11) is 0. The third-order valence-electron chi connectivity index (χ3n) is 1.58. The molecule has 0 bridgehead atoms. The number of benzene rings is 1. The van der Waals surface area contributed by atoms with Crippen LogP contribution >= 0.6 is 0 Å². The monoisotopic (exact) mass is 179 g/mol. The number of Topliss-reactive ketones (excluding diaryl/α,β-unsaturated/α-hetero) is 1. The van der Waals surface area contributed by atoms with Crippen LogP contribution in [0.4, 0.5) is 0 Å². The predicted octanol–water partition coefficient (Wildman–Crippen LogP) is 1.09. The van der Waals surface area contributed by atoms with Gasteiger partial charge in [-0.3, -0.25) is 4.79 Å². The van der Waals surface area contributed by atoms with E-state index in [1.807, 2.05) is 0 Å². The van der Waals surface area contributed by atoms with Gasteiger partial charge in [-0.2, -0.15) is 0 Å². The first-order valence-electron chi connectivity index (χ1n) is 3.51. The minimum absolute atomic E-state index is 0.0279. The third kappa shape index (κ3) is 1.66. The fourth-order valence-corrected chi connectivity index (χ4v) is 0.922. The third-order valence-corrected chi connectivity index (χ3v) is 1.58. The second kappa shape index (κ2) is 3.26. The first kappa shape index (κ1) is 9.25. The minimum Gasteiger partial charge on any atom is -0.506 e. The maximum absolute atomic E-state index is 10.9. The molecule has 0 spiro atoms. The van der Waals surface area contributed by atoms with E-state index in [1.165, 1.54) is 13.0 Å². The van der Waals surface area contributed by atoms with Crippen LogP contribution in [-0.4, -0.2) is 22.0 Å². The van der Waals surface area contributed by atoms with Gasteiger partial charge in [0.15, 0.2) is 5.78 Å². The number of rotatable bonds is 2. The van der Waals surface area contributed by atoms with Crippen LogP contribution in [-0.2, 0) is 0 Å². The lowest BCUT2D eigenvalue weighted by atomic mass is 10.1. The van der Waals surface area contributed by atoms with Gasteiger partial charge < -0.3 is 10.2 Å². The van der Waals surface area contributed by atoms with E-state index in [1.54, 1.807) is 0 Å². The Morgan fingerprint density at radius 3 is 2.31 bits per heavy atom. The van der Waals surface area contributed by atoms with Crippen molar-refractivity contribution in [2.75, 3.05) is 0 Å². The highest BCUT2D eigenvalue weighted by molar-refractivity contribution is 6.01. The van der Waals surface area contributed by atoms with Gasteiger partial charge >= 0.3 is 5.97 Å². The van der Waals surface area contributed by atoms with Crippen LogP contribution in [0.1, 0.15) is 27.6 Å². The van der Waals surface area contributed by atoms with E-state index >= 15 is 0 Å². The van der Waals surface area contributed by atoms with Gasteiger partial charge in [-0.25, -0.2) is 4.79 Å². The quantitative estimate of drug-likeness (QED) is 0.666. The van der Waals surface area contributed by atoms with E-state index in [9.17, 15) is 14.7 Å². The molecule has 0 fully saturated rings. The van der Waals surface area contributed by atoms with Crippen LogP contribution in [0.25, 0.3) is 0 Å². The maximum atomic E-state index is 10.9. The zero-order valence-corrected chi connectivity index (χ0v) is 6.87. The van der Waals surface area contributed by atoms with Crippen molar-refractivity contribution >= 4 is 11.8 Å². The van der Waals surface area contributed by atoms with Gasteiger partial charge in [0, 0.05) is 0 Å². The highest BCUT2D eigenvalue weighted by Gasteiger charge is 2.14. The molecule has 0 aliphatic heterocycles. The van der Waals surface area contributed by atoms with Crippen molar-refractivity contribution in [2.24, 2.45) is 0 Å². The Bertz CT molecular complexity index is 336. The highest BCUT2D eigenvalue weighted by Crippen LogP contribution is 2.22. The topological polar surface area (TPSA) is 74.6 Å². The van der Waals surface area contributed by atoms with Gasteiger partial charge in [-0.05, 0) is 25.1 Å². The van der Waals surface area contributed by atoms with E-state index in [2.05, 4.69) is 6.07 Å². The first-order chi connectivity index (χ1) is 6.04. The summed E-state index contributed by atoms with van der Waals surface area (Å²) < 4.78 is 0. The number of phenols is 1. The number of hydrogen-bond donors (Lipinski definition) is 2. The molecule has 0 unspecified atom stereocenters. The summed E-state index contributed by atoms with van der Waals surface area (Å²) >= 11 is 0. The zero-order valence-electron chi connectivity index (χ0n) is 6.87. The zero-order chi connectivity index (χ0) is 10.0. The molecule has 0 saturated heterocycles. The standard InChI is InChI=1S/C9H7O4/c1-5(10)6-3-2-4-7(8(6)11)9(12)13/h3-4,11H,1H3,(H,12,13). The van der Waals surface area contributed by atoms with E-state index in [4.69, 9.17) is 5.11 Å². The lowest BCUT2D eigenvalue weighted by Crippen LogP contribution is -2.01. The molecule has 0 aromatic heterocycles. The lowest BCUT2D eigenvalue weighted by Gasteiger charge is -2.02. The van der Waals surface area contributed by atoms with Gasteiger partial charge in [0.05, 0.1) is 5.56 Å². The number of hydrogen-bond acceptors (Lipinski definition) is 3. The van der Waals surface area contributed by atoms with Crippen molar-refractivity contribution in [3.63, 3.8) is 0 Å². The molecule has 2 N–H and O–H groups in total. The van der Waals surface area contributed by atoms with E-state index in [0.717, 1.165) is 6.07 Å². The Kier molecular flexibility index (Phi) is 2.32. The van der Waals surface area contributed by atoms with Crippen molar-refractivity contribution in [3.05, 3.63) is 29.3 Å². The fraction of sp³-hybridized carbons (Fsp3) is 0.111. The Morgan fingerprint density at radius 1 is 1.31 bits per heavy atom. The number of ketones is 1. The molecule has 0 heterocycles. The molecule has 0 atom stereocenters. The van der Waals surface area contributed by atoms with Crippen LogP contribution < -0.4 is 0 Å². The summed E-state index contributed by atoms with van der Waals surface area (Å²) in [4.78, 5) is 21.4. The Hall–Kier alpha value is -1.84. The summed E-state index contributed by atoms with van der Waals surface area (Å²) in [6.45, 7) is 1.24. The molecule has 1 aromatic carbocycles. The molecule has 0 aliphatic rings. The van der Waals surface area contributed by atoms with Gasteiger partial charge in [-0.15, -0.1) is 0 Å². The second-order valence-electron chi connectivity index (χ2n) is 2.49. The molecule has 1 rings (SSSR count). The molecular formula is C9H7O4. The smallest absolute Gasteiger partial charge is 0.339 e. The number of aromatic hydroxyl groups is 1.